The van der Waals surface area contributed by atoms with Crippen molar-refractivity contribution in [2.45, 2.75) is 4.34 Å². The first kappa shape index (κ1) is 18.2. The SMILES string of the molecule is O=C(Nc1nnc(SC/C=C/c2ccccc2)s1)c1cc(-c2ccco2)on1. The van der Waals surface area contributed by atoms with Gasteiger partial charge in [-0.15, -0.1) is 10.2 Å². The zero-order valence-electron chi connectivity index (χ0n) is 14.4. The van der Waals surface area contributed by atoms with Gasteiger partial charge in [-0.2, -0.15) is 0 Å². The lowest BCUT2D eigenvalue weighted by atomic mass is 10.2. The van der Waals surface area contributed by atoms with Gasteiger partial charge in [0, 0.05) is 11.8 Å². The van der Waals surface area contributed by atoms with E-state index < -0.39 is 5.91 Å². The van der Waals surface area contributed by atoms with Gasteiger partial charge in [0.05, 0.1) is 6.26 Å². The summed E-state index contributed by atoms with van der Waals surface area (Å²) in [6.45, 7) is 0. The van der Waals surface area contributed by atoms with Gasteiger partial charge in [-0.05, 0) is 17.7 Å². The number of nitrogens with zero attached hydrogens (tertiary/aromatic N) is 3. The molecule has 9 heteroatoms. The maximum Gasteiger partial charge on any atom is 0.279 e. The first-order valence-corrected chi connectivity index (χ1v) is 10.1. The number of aromatic nitrogens is 3. The highest BCUT2D eigenvalue weighted by Gasteiger charge is 2.17. The molecule has 3 heterocycles. The first-order chi connectivity index (χ1) is 13.8. The van der Waals surface area contributed by atoms with Gasteiger partial charge >= 0.3 is 0 Å². The van der Waals surface area contributed by atoms with E-state index in [1.54, 1.807) is 23.9 Å². The summed E-state index contributed by atoms with van der Waals surface area (Å²) in [4.78, 5) is 12.3. The number of amides is 1. The molecule has 1 N–H and O–H groups in total. The van der Waals surface area contributed by atoms with Crippen LogP contribution >= 0.6 is 23.1 Å². The summed E-state index contributed by atoms with van der Waals surface area (Å²) in [5, 5.41) is 14.9. The van der Waals surface area contributed by atoms with Crippen LogP contribution in [0.1, 0.15) is 16.1 Å². The van der Waals surface area contributed by atoms with Gasteiger partial charge in [0.25, 0.3) is 5.91 Å². The van der Waals surface area contributed by atoms with Crippen LogP contribution < -0.4 is 5.32 Å². The Morgan fingerprint density at radius 1 is 1.14 bits per heavy atom. The van der Waals surface area contributed by atoms with Crippen LogP contribution in [0, 0.1) is 0 Å². The van der Waals surface area contributed by atoms with Crippen molar-refractivity contribution < 1.29 is 13.7 Å². The van der Waals surface area contributed by atoms with E-state index in [4.69, 9.17) is 8.94 Å². The molecule has 0 radical (unpaired) electrons. The Bertz CT molecular complexity index is 1070. The van der Waals surface area contributed by atoms with Gasteiger partial charge < -0.3 is 8.94 Å². The summed E-state index contributed by atoms with van der Waals surface area (Å²) < 4.78 is 11.1. The second-order valence-corrected chi connectivity index (χ2v) is 7.75. The number of benzene rings is 1. The normalized spacial score (nSPS) is 11.1. The van der Waals surface area contributed by atoms with Crippen molar-refractivity contribution in [2.24, 2.45) is 0 Å². The van der Waals surface area contributed by atoms with Crippen LogP contribution in [-0.4, -0.2) is 27.0 Å². The van der Waals surface area contributed by atoms with Crippen LogP contribution in [0.3, 0.4) is 0 Å². The van der Waals surface area contributed by atoms with E-state index in [-0.39, 0.29) is 5.69 Å². The summed E-state index contributed by atoms with van der Waals surface area (Å²) in [7, 11) is 0. The van der Waals surface area contributed by atoms with Crippen LogP contribution in [0.15, 0.2) is 74.2 Å². The fourth-order valence-corrected chi connectivity index (χ4v) is 3.85. The molecule has 4 rings (SSSR count). The van der Waals surface area contributed by atoms with Gasteiger partial charge in [-0.3, -0.25) is 10.1 Å². The maximum atomic E-state index is 12.3. The number of hydrogen-bond donors (Lipinski definition) is 1. The quantitative estimate of drug-likeness (QED) is 0.344. The van der Waals surface area contributed by atoms with Gasteiger partial charge in [0.1, 0.15) is 0 Å². The molecule has 0 aliphatic carbocycles. The predicted octanol–water partition coefficient (Wildman–Crippen LogP) is 4.84. The topological polar surface area (TPSA) is 94.1 Å². The van der Waals surface area contributed by atoms with Gasteiger partial charge in [-0.25, -0.2) is 0 Å². The fraction of sp³-hybridized carbons (Fsp3) is 0.0526. The number of carbonyl (C=O) groups is 1. The molecular weight excluding hydrogens is 396 g/mol. The number of rotatable bonds is 7. The molecule has 1 amide bonds. The highest BCUT2D eigenvalue weighted by atomic mass is 32.2. The Morgan fingerprint density at radius 3 is 2.86 bits per heavy atom. The molecule has 140 valence electrons. The van der Waals surface area contributed by atoms with Crippen molar-refractivity contribution in [3.63, 3.8) is 0 Å². The second-order valence-electron chi connectivity index (χ2n) is 5.51. The predicted molar refractivity (Wildman–Crippen MR) is 108 cm³/mol. The van der Waals surface area contributed by atoms with E-state index in [2.05, 4.69) is 32.8 Å². The van der Waals surface area contributed by atoms with E-state index in [1.165, 1.54) is 23.7 Å². The third-order valence-electron chi connectivity index (χ3n) is 3.55. The summed E-state index contributed by atoms with van der Waals surface area (Å²) in [5.41, 5.74) is 1.29. The Kier molecular flexibility index (Phi) is 5.64. The van der Waals surface area contributed by atoms with E-state index in [9.17, 15) is 4.79 Å². The van der Waals surface area contributed by atoms with Gasteiger partial charge in [0.2, 0.25) is 10.9 Å². The van der Waals surface area contributed by atoms with E-state index in [0.29, 0.717) is 16.7 Å². The lowest BCUT2D eigenvalue weighted by molar-refractivity contribution is 0.101. The zero-order chi connectivity index (χ0) is 19.2. The monoisotopic (exact) mass is 410 g/mol. The highest BCUT2D eigenvalue weighted by Crippen LogP contribution is 2.26. The van der Waals surface area contributed by atoms with E-state index in [1.807, 2.05) is 30.3 Å². The Morgan fingerprint density at radius 2 is 2.04 bits per heavy atom. The summed E-state index contributed by atoms with van der Waals surface area (Å²) >= 11 is 2.85. The highest BCUT2D eigenvalue weighted by molar-refractivity contribution is 8.01. The third kappa shape index (κ3) is 4.56. The number of anilines is 1. The van der Waals surface area contributed by atoms with Crippen molar-refractivity contribution in [3.8, 4) is 11.5 Å². The molecule has 0 saturated heterocycles. The molecule has 0 fully saturated rings. The first-order valence-electron chi connectivity index (χ1n) is 8.28. The molecular formula is C19H14N4O3S2. The van der Waals surface area contributed by atoms with E-state index >= 15 is 0 Å². The number of hydrogen-bond acceptors (Lipinski definition) is 8. The number of thioether (sulfide) groups is 1. The minimum Gasteiger partial charge on any atom is -0.461 e. The third-order valence-corrected chi connectivity index (χ3v) is 5.47. The van der Waals surface area contributed by atoms with Crippen LogP contribution in [-0.2, 0) is 0 Å². The zero-order valence-corrected chi connectivity index (χ0v) is 16.1. The Hall–Kier alpha value is -3.17. The molecule has 7 nitrogen and oxygen atoms in total. The molecule has 0 spiro atoms. The van der Waals surface area contributed by atoms with Crippen molar-refractivity contribution in [1.82, 2.24) is 15.4 Å². The van der Waals surface area contributed by atoms with Crippen molar-refractivity contribution in [1.29, 1.82) is 0 Å². The maximum absolute atomic E-state index is 12.3. The standard InChI is InChI=1S/C19H14N4O3S2/c24-17(14-12-16(26-23-14)15-9-4-10-25-15)20-18-21-22-19(28-18)27-11-5-8-13-6-2-1-3-7-13/h1-10,12H,11H2,(H,20,21,24)/b8-5+. The molecule has 0 atom stereocenters. The Labute approximate surface area is 168 Å². The average Bonchev–Trinajstić information content (AvgIpc) is 3.47. The molecule has 28 heavy (non-hydrogen) atoms. The second kappa shape index (κ2) is 8.68. The van der Waals surface area contributed by atoms with Crippen LogP contribution in [0.5, 0.6) is 0 Å². The minimum absolute atomic E-state index is 0.140. The number of furan rings is 1. The molecule has 0 unspecified atom stereocenters. The lowest BCUT2D eigenvalue weighted by Gasteiger charge is -1.94. The molecule has 0 aliphatic rings. The Balaban J connectivity index is 1.31. The molecule has 3 aromatic heterocycles. The molecule has 0 aliphatic heterocycles. The van der Waals surface area contributed by atoms with Crippen molar-refractivity contribution >= 4 is 40.2 Å². The molecule has 1 aromatic carbocycles. The van der Waals surface area contributed by atoms with Crippen LogP contribution in [0.4, 0.5) is 5.13 Å². The molecule has 0 saturated carbocycles. The average molecular weight is 410 g/mol. The van der Waals surface area contributed by atoms with Crippen molar-refractivity contribution in [2.75, 3.05) is 11.1 Å². The summed E-state index contributed by atoms with van der Waals surface area (Å²) in [6, 6.07) is 15.0. The number of nitrogens with one attached hydrogen (secondary N) is 1. The van der Waals surface area contributed by atoms with Gasteiger partial charge in [-0.1, -0.05) is 70.7 Å². The number of carbonyl (C=O) groups excluding carboxylic acids is 1. The molecule has 0 bridgehead atoms. The van der Waals surface area contributed by atoms with E-state index in [0.717, 1.165) is 15.7 Å². The smallest absolute Gasteiger partial charge is 0.279 e. The summed E-state index contributed by atoms with van der Waals surface area (Å²) in [6.07, 6.45) is 5.64. The van der Waals surface area contributed by atoms with Gasteiger partial charge in [0.15, 0.2) is 15.8 Å². The lowest BCUT2D eigenvalue weighted by Crippen LogP contribution is -2.11. The minimum atomic E-state index is -0.418. The fourth-order valence-electron chi connectivity index (χ4n) is 2.26. The van der Waals surface area contributed by atoms with Crippen LogP contribution in [0.25, 0.3) is 17.6 Å². The van der Waals surface area contributed by atoms with Crippen LogP contribution in [0.2, 0.25) is 0 Å². The molecule has 4 aromatic rings. The summed E-state index contributed by atoms with van der Waals surface area (Å²) in [5.74, 6) is 1.23. The van der Waals surface area contributed by atoms with Crippen molar-refractivity contribution in [3.05, 3.63) is 72.1 Å². The largest absolute Gasteiger partial charge is 0.461 e.